The summed E-state index contributed by atoms with van der Waals surface area (Å²) in [5.74, 6) is 0.252. The van der Waals surface area contributed by atoms with Crippen molar-refractivity contribution in [1.82, 2.24) is 0 Å². The van der Waals surface area contributed by atoms with Crippen molar-refractivity contribution in [1.29, 1.82) is 0 Å². The second-order valence-electron chi connectivity index (χ2n) is 5.95. The smallest absolute Gasteiger partial charge is 0.335 e. The fourth-order valence-corrected chi connectivity index (χ4v) is 2.57. The van der Waals surface area contributed by atoms with Gasteiger partial charge in [0.05, 0.1) is 18.4 Å². The molecule has 0 atom stereocenters. The van der Waals surface area contributed by atoms with Crippen molar-refractivity contribution < 1.29 is 24.5 Å². The Labute approximate surface area is 162 Å². The summed E-state index contributed by atoms with van der Waals surface area (Å²) in [4.78, 5) is 15.3. The van der Waals surface area contributed by atoms with Gasteiger partial charge in [0.1, 0.15) is 12.4 Å². The van der Waals surface area contributed by atoms with Crippen molar-refractivity contribution in [3.63, 3.8) is 0 Å². The van der Waals surface area contributed by atoms with Crippen molar-refractivity contribution in [2.75, 3.05) is 7.11 Å². The highest BCUT2D eigenvalue weighted by atomic mass is 16.5. The van der Waals surface area contributed by atoms with Crippen LogP contribution in [-0.4, -0.2) is 29.5 Å². The number of methoxy groups -OCH3 is 1. The highest BCUT2D eigenvalue weighted by molar-refractivity contribution is 5.88. The number of carboxylic acids is 1. The maximum absolute atomic E-state index is 11.0. The van der Waals surface area contributed by atoms with Crippen LogP contribution < -0.4 is 9.47 Å². The second-order valence-corrected chi connectivity index (χ2v) is 5.95. The van der Waals surface area contributed by atoms with Gasteiger partial charge in [-0.05, 0) is 42.0 Å². The minimum atomic E-state index is -0.970. The van der Waals surface area contributed by atoms with Gasteiger partial charge in [0.15, 0.2) is 11.5 Å². The summed E-state index contributed by atoms with van der Waals surface area (Å²) in [6.07, 6.45) is 1.64. The van der Waals surface area contributed by atoms with Gasteiger partial charge in [-0.3, -0.25) is 4.99 Å². The third-order valence-corrected chi connectivity index (χ3v) is 4.00. The number of phenolic OH excluding ortho intramolecular Hbond substituents is 1. The lowest BCUT2D eigenvalue weighted by molar-refractivity contribution is 0.0697. The van der Waals surface area contributed by atoms with Crippen molar-refractivity contribution in [3.05, 3.63) is 83.4 Å². The Morgan fingerprint density at radius 3 is 2.50 bits per heavy atom. The van der Waals surface area contributed by atoms with Crippen LogP contribution in [0.2, 0.25) is 0 Å². The van der Waals surface area contributed by atoms with Crippen LogP contribution in [0, 0.1) is 0 Å². The molecule has 0 spiro atoms. The predicted octanol–water partition coefficient (Wildman–Crippen LogP) is 4.43. The molecule has 28 heavy (non-hydrogen) atoms. The standard InChI is InChI=1S/C22H19NO5/c1-27-20-7-2-4-17(13-23-18-5-3-6-19(24)12-18)21(20)28-14-15-8-10-16(11-9-15)22(25)26/h2-13,24H,14H2,1H3,(H,25,26). The van der Waals surface area contributed by atoms with Gasteiger partial charge in [0.25, 0.3) is 0 Å². The van der Waals surface area contributed by atoms with Crippen LogP contribution in [0.5, 0.6) is 17.2 Å². The SMILES string of the molecule is COc1cccc(C=Nc2cccc(O)c2)c1OCc1ccc(C(=O)O)cc1. The van der Waals surface area contributed by atoms with Crippen LogP contribution in [0.15, 0.2) is 71.7 Å². The van der Waals surface area contributed by atoms with Crippen molar-refractivity contribution in [2.24, 2.45) is 4.99 Å². The van der Waals surface area contributed by atoms with Crippen LogP contribution in [0.3, 0.4) is 0 Å². The van der Waals surface area contributed by atoms with E-state index in [1.54, 1.807) is 55.8 Å². The number of aromatic carboxylic acids is 1. The van der Waals surface area contributed by atoms with Gasteiger partial charge in [-0.2, -0.15) is 0 Å². The molecular weight excluding hydrogens is 358 g/mol. The first-order valence-corrected chi connectivity index (χ1v) is 8.52. The van der Waals surface area contributed by atoms with E-state index < -0.39 is 5.97 Å². The number of aliphatic imine (C=N–C) groups is 1. The molecule has 0 aliphatic rings. The first-order chi connectivity index (χ1) is 13.6. The Bertz CT molecular complexity index is 996. The van der Waals surface area contributed by atoms with Crippen molar-refractivity contribution in [3.8, 4) is 17.2 Å². The van der Waals surface area contributed by atoms with E-state index in [0.717, 1.165) is 5.56 Å². The Balaban J connectivity index is 1.82. The molecule has 3 aromatic rings. The molecule has 0 unspecified atom stereocenters. The average Bonchev–Trinajstić information content (AvgIpc) is 2.71. The van der Waals surface area contributed by atoms with Gasteiger partial charge >= 0.3 is 5.97 Å². The van der Waals surface area contributed by atoms with Crippen LogP contribution in [0.1, 0.15) is 21.5 Å². The fourth-order valence-electron chi connectivity index (χ4n) is 2.57. The lowest BCUT2D eigenvalue weighted by atomic mass is 10.1. The second kappa shape index (κ2) is 8.73. The molecule has 0 saturated heterocycles. The molecule has 0 heterocycles. The zero-order chi connectivity index (χ0) is 19.9. The number of benzene rings is 3. The number of rotatable bonds is 7. The first kappa shape index (κ1) is 19.0. The summed E-state index contributed by atoms with van der Waals surface area (Å²) < 4.78 is 11.3. The van der Waals surface area contributed by atoms with E-state index in [1.807, 2.05) is 12.1 Å². The fraction of sp³-hybridized carbons (Fsp3) is 0.0909. The zero-order valence-electron chi connectivity index (χ0n) is 15.2. The third kappa shape index (κ3) is 4.67. The molecule has 0 saturated carbocycles. The number of nitrogens with zero attached hydrogens (tertiary/aromatic N) is 1. The van der Waals surface area contributed by atoms with E-state index in [0.29, 0.717) is 22.7 Å². The molecule has 3 rings (SSSR count). The summed E-state index contributed by atoms with van der Waals surface area (Å²) in [5, 5.41) is 18.5. The molecule has 0 fully saturated rings. The molecule has 0 amide bonds. The van der Waals surface area contributed by atoms with Gasteiger partial charge in [-0.1, -0.05) is 24.3 Å². The van der Waals surface area contributed by atoms with Gasteiger partial charge < -0.3 is 19.7 Å². The summed E-state index contributed by atoms with van der Waals surface area (Å²) in [6.45, 7) is 0.243. The molecule has 0 aromatic heterocycles. The number of carbonyl (C=O) groups is 1. The zero-order valence-corrected chi connectivity index (χ0v) is 15.2. The Morgan fingerprint density at radius 2 is 1.82 bits per heavy atom. The Kier molecular flexibility index (Phi) is 5.91. The van der Waals surface area contributed by atoms with Crippen LogP contribution >= 0.6 is 0 Å². The number of hydrogen-bond acceptors (Lipinski definition) is 5. The van der Waals surface area contributed by atoms with E-state index in [2.05, 4.69) is 4.99 Å². The van der Waals surface area contributed by atoms with Gasteiger partial charge in [-0.25, -0.2) is 4.79 Å². The number of carboxylic acid groups (broad SMARTS) is 1. The molecule has 2 N–H and O–H groups in total. The van der Waals surface area contributed by atoms with Crippen LogP contribution in [-0.2, 0) is 6.61 Å². The summed E-state index contributed by atoms with van der Waals surface area (Å²) in [5.41, 5.74) is 2.37. The van der Waals surface area contributed by atoms with Gasteiger partial charge in [0, 0.05) is 17.8 Å². The monoisotopic (exact) mass is 377 g/mol. The molecule has 0 bridgehead atoms. The first-order valence-electron chi connectivity index (χ1n) is 8.52. The van der Waals surface area contributed by atoms with Crippen molar-refractivity contribution in [2.45, 2.75) is 6.61 Å². The number of para-hydroxylation sites is 1. The van der Waals surface area contributed by atoms with E-state index in [9.17, 15) is 9.90 Å². The number of ether oxygens (including phenoxy) is 2. The lowest BCUT2D eigenvalue weighted by Crippen LogP contribution is -2.02. The summed E-state index contributed by atoms with van der Waals surface area (Å²) in [6, 6.07) is 18.6. The minimum absolute atomic E-state index is 0.140. The van der Waals surface area contributed by atoms with Crippen LogP contribution in [0.4, 0.5) is 5.69 Å². The number of hydrogen-bond donors (Lipinski definition) is 2. The Hall–Kier alpha value is -3.80. The normalized spacial score (nSPS) is 10.8. The summed E-state index contributed by atoms with van der Waals surface area (Å²) in [7, 11) is 1.56. The molecular formula is C22H19NO5. The van der Waals surface area contributed by atoms with E-state index in [1.165, 1.54) is 12.1 Å². The van der Waals surface area contributed by atoms with Crippen molar-refractivity contribution >= 4 is 17.9 Å². The average molecular weight is 377 g/mol. The Morgan fingerprint density at radius 1 is 1.07 bits per heavy atom. The third-order valence-electron chi connectivity index (χ3n) is 4.00. The van der Waals surface area contributed by atoms with E-state index in [-0.39, 0.29) is 17.9 Å². The number of aromatic hydroxyl groups is 1. The quantitative estimate of drug-likeness (QED) is 0.595. The van der Waals surface area contributed by atoms with E-state index >= 15 is 0 Å². The minimum Gasteiger partial charge on any atom is -0.508 e. The van der Waals surface area contributed by atoms with E-state index in [4.69, 9.17) is 14.6 Å². The molecule has 142 valence electrons. The molecule has 6 heteroatoms. The largest absolute Gasteiger partial charge is 0.508 e. The van der Waals surface area contributed by atoms with Gasteiger partial charge in [0.2, 0.25) is 0 Å². The maximum Gasteiger partial charge on any atom is 0.335 e. The molecule has 0 aliphatic carbocycles. The highest BCUT2D eigenvalue weighted by Gasteiger charge is 2.10. The molecule has 6 nitrogen and oxygen atoms in total. The maximum atomic E-state index is 11.0. The molecule has 3 aromatic carbocycles. The summed E-state index contributed by atoms with van der Waals surface area (Å²) >= 11 is 0. The molecule has 0 aliphatic heterocycles. The molecule has 0 radical (unpaired) electrons. The predicted molar refractivity (Wildman–Crippen MR) is 106 cm³/mol. The van der Waals surface area contributed by atoms with Gasteiger partial charge in [-0.15, -0.1) is 0 Å². The number of phenols is 1. The van der Waals surface area contributed by atoms with Crippen LogP contribution in [0.25, 0.3) is 0 Å². The highest BCUT2D eigenvalue weighted by Crippen LogP contribution is 2.31. The lowest BCUT2D eigenvalue weighted by Gasteiger charge is -2.13. The topological polar surface area (TPSA) is 88.4 Å².